The Morgan fingerprint density at radius 3 is 2.55 bits per heavy atom. The van der Waals surface area contributed by atoms with Crippen molar-refractivity contribution in [3.63, 3.8) is 0 Å². The predicted octanol–water partition coefficient (Wildman–Crippen LogP) is 2.25. The molecule has 1 aromatic carbocycles. The summed E-state index contributed by atoms with van der Waals surface area (Å²) < 4.78 is 1.80. The molecular formula is C24H25N7O2. The van der Waals surface area contributed by atoms with E-state index in [0.717, 1.165) is 30.0 Å². The third-order valence-corrected chi connectivity index (χ3v) is 6.14. The first-order valence-electron chi connectivity index (χ1n) is 10.9. The van der Waals surface area contributed by atoms with Gasteiger partial charge in [0.15, 0.2) is 5.82 Å². The third-order valence-electron chi connectivity index (χ3n) is 6.14. The van der Waals surface area contributed by atoms with Crippen LogP contribution in [0.1, 0.15) is 37.9 Å². The summed E-state index contributed by atoms with van der Waals surface area (Å²) in [7, 11) is 1.89. The number of ketones is 1. The first-order chi connectivity index (χ1) is 15.9. The molecular weight excluding hydrogens is 418 g/mol. The number of aromatic nitrogens is 5. The molecule has 0 bridgehead atoms. The molecule has 33 heavy (non-hydrogen) atoms. The average Bonchev–Trinajstić information content (AvgIpc) is 3.38. The highest BCUT2D eigenvalue weighted by Crippen LogP contribution is 2.26. The molecule has 0 spiro atoms. The number of aromatic amines is 1. The van der Waals surface area contributed by atoms with Crippen LogP contribution in [0.3, 0.4) is 0 Å². The largest absolute Gasteiger partial charge is 0.336 e. The van der Waals surface area contributed by atoms with Crippen LogP contribution in [0.25, 0.3) is 22.3 Å². The molecule has 9 heteroatoms. The maximum absolute atomic E-state index is 13.2. The van der Waals surface area contributed by atoms with E-state index in [9.17, 15) is 9.59 Å². The van der Waals surface area contributed by atoms with Gasteiger partial charge in [0, 0.05) is 61.8 Å². The molecule has 9 nitrogen and oxygen atoms in total. The Morgan fingerprint density at radius 1 is 1.03 bits per heavy atom. The lowest BCUT2D eigenvalue weighted by Gasteiger charge is -2.27. The zero-order valence-electron chi connectivity index (χ0n) is 18.8. The Kier molecular flexibility index (Phi) is 5.26. The first-order valence-corrected chi connectivity index (χ1v) is 10.9. The lowest BCUT2D eigenvalue weighted by atomic mass is 10.1. The number of hydrogen-bond acceptors (Lipinski definition) is 6. The number of hydrogen-bond donors (Lipinski definition) is 2. The summed E-state index contributed by atoms with van der Waals surface area (Å²) in [5, 5.41) is 7.69. The van der Waals surface area contributed by atoms with Gasteiger partial charge in [-0.2, -0.15) is 5.10 Å². The van der Waals surface area contributed by atoms with Crippen molar-refractivity contribution in [3.8, 4) is 11.3 Å². The standard InChI is InChI=1S/C24H25N7O2/c1-14-21(15(2)30(3)29-14)20-12-16(6-7-26-20)22(32)23-27-18-5-4-17(13-19(18)28-23)24(33)31-10-8-25-9-11-31/h4-7,12-13,25H,8-11H2,1-3H3,(H,27,28). The summed E-state index contributed by atoms with van der Waals surface area (Å²) in [6.45, 7) is 6.86. The summed E-state index contributed by atoms with van der Waals surface area (Å²) in [5.41, 5.74) is 5.83. The Hall–Kier alpha value is -3.85. The highest BCUT2D eigenvalue weighted by Gasteiger charge is 2.21. The van der Waals surface area contributed by atoms with E-state index < -0.39 is 0 Å². The molecule has 0 radical (unpaired) electrons. The lowest BCUT2D eigenvalue weighted by Crippen LogP contribution is -2.46. The second-order valence-electron chi connectivity index (χ2n) is 8.29. The number of piperazine rings is 1. The minimum absolute atomic E-state index is 0.0122. The van der Waals surface area contributed by atoms with Crippen molar-refractivity contribution in [2.75, 3.05) is 26.2 Å². The van der Waals surface area contributed by atoms with E-state index in [-0.39, 0.29) is 17.5 Å². The van der Waals surface area contributed by atoms with Crippen molar-refractivity contribution in [1.82, 2.24) is 34.9 Å². The molecule has 2 N–H and O–H groups in total. The Balaban J connectivity index is 1.45. The Labute approximate surface area is 190 Å². The predicted molar refractivity (Wildman–Crippen MR) is 124 cm³/mol. The van der Waals surface area contributed by atoms with Crippen molar-refractivity contribution in [2.24, 2.45) is 7.05 Å². The summed E-state index contributed by atoms with van der Waals surface area (Å²) in [6, 6.07) is 8.76. The SMILES string of the molecule is Cc1nn(C)c(C)c1-c1cc(C(=O)c2nc3ccc(C(=O)N4CCNCC4)cc3[nH]2)ccn1. The Morgan fingerprint density at radius 2 is 1.82 bits per heavy atom. The molecule has 0 aliphatic carbocycles. The van der Waals surface area contributed by atoms with Gasteiger partial charge in [-0.1, -0.05) is 0 Å². The van der Waals surface area contributed by atoms with Crippen molar-refractivity contribution in [3.05, 3.63) is 64.9 Å². The van der Waals surface area contributed by atoms with E-state index in [4.69, 9.17) is 0 Å². The van der Waals surface area contributed by atoms with Gasteiger partial charge in [0.2, 0.25) is 5.78 Å². The lowest BCUT2D eigenvalue weighted by molar-refractivity contribution is 0.0736. The molecule has 1 aliphatic rings. The van der Waals surface area contributed by atoms with E-state index in [1.165, 1.54) is 0 Å². The van der Waals surface area contributed by atoms with Gasteiger partial charge < -0.3 is 15.2 Å². The van der Waals surface area contributed by atoms with Crippen LogP contribution in [0, 0.1) is 13.8 Å². The molecule has 0 atom stereocenters. The van der Waals surface area contributed by atoms with Crippen LogP contribution in [0.15, 0.2) is 36.5 Å². The number of nitrogens with zero attached hydrogens (tertiary/aromatic N) is 5. The van der Waals surface area contributed by atoms with Crippen LogP contribution in [0.2, 0.25) is 0 Å². The highest BCUT2D eigenvalue weighted by molar-refractivity contribution is 6.08. The number of rotatable bonds is 4. The molecule has 4 heterocycles. The van der Waals surface area contributed by atoms with Crippen molar-refractivity contribution < 1.29 is 9.59 Å². The number of carbonyl (C=O) groups excluding carboxylic acids is 2. The molecule has 0 unspecified atom stereocenters. The summed E-state index contributed by atoms with van der Waals surface area (Å²) in [4.78, 5) is 39.9. The van der Waals surface area contributed by atoms with E-state index >= 15 is 0 Å². The van der Waals surface area contributed by atoms with Crippen LogP contribution in [-0.2, 0) is 7.05 Å². The molecule has 1 fully saturated rings. The van der Waals surface area contributed by atoms with Crippen molar-refractivity contribution >= 4 is 22.7 Å². The van der Waals surface area contributed by atoms with Gasteiger partial charge in [-0.05, 0) is 44.2 Å². The molecule has 1 aliphatic heterocycles. The van der Waals surface area contributed by atoms with Crippen molar-refractivity contribution in [1.29, 1.82) is 0 Å². The van der Waals surface area contributed by atoms with E-state index in [0.29, 0.717) is 40.9 Å². The number of imidazole rings is 1. The van der Waals surface area contributed by atoms with E-state index in [2.05, 4.69) is 25.4 Å². The van der Waals surface area contributed by atoms with Crippen LogP contribution >= 0.6 is 0 Å². The molecule has 0 saturated carbocycles. The summed E-state index contributed by atoms with van der Waals surface area (Å²) in [6.07, 6.45) is 1.63. The smallest absolute Gasteiger partial charge is 0.254 e. The number of benzene rings is 1. The molecule has 168 valence electrons. The van der Waals surface area contributed by atoms with Crippen LogP contribution in [0.5, 0.6) is 0 Å². The minimum atomic E-state index is -0.232. The quantitative estimate of drug-likeness (QED) is 0.469. The van der Waals surface area contributed by atoms with Crippen LogP contribution < -0.4 is 5.32 Å². The maximum Gasteiger partial charge on any atom is 0.254 e. The Bertz CT molecular complexity index is 1380. The van der Waals surface area contributed by atoms with E-state index in [1.54, 1.807) is 41.2 Å². The van der Waals surface area contributed by atoms with Gasteiger partial charge in [0.25, 0.3) is 5.91 Å². The highest BCUT2D eigenvalue weighted by atomic mass is 16.2. The molecule has 1 saturated heterocycles. The summed E-state index contributed by atoms with van der Waals surface area (Å²) >= 11 is 0. The zero-order valence-corrected chi connectivity index (χ0v) is 18.8. The van der Waals surface area contributed by atoms with Gasteiger partial charge in [0.05, 0.1) is 22.4 Å². The molecule has 5 rings (SSSR count). The van der Waals surface area contributed by atoms with Gasteiger partial charge in [-0.3, -0.25) is 19.3 Å². The van der Waals surface area contributed by atoms with Crippen molar-refractivity contribution in [2.45, 2.75) is 13.8 Å². The zero-order chi connectivity index (χ0) is 23.1. The first kappa shape index (κ1) is 21.0. The number of H-pyrrole nitrogens is 1. The number of nitrogens with one attached hydrogen (secondary N) is 2. The third kappa shape index (κ3) is 3.80. The van der Waals surface area contributed by atoms with Crippen LogP contribution in [-0.4, -0.2) is 67.5 Å². The number of amides is 1. The minimum Gasteiger partial charge on any atom is -0.336 e. The average molecular weight is 444 g/mol. The molecule has 3 aromatic heterocycles. The number of carbonyl (C=O) groups is 2. The van der Waals surface area contributed by atoms with Gasteiger partial charge >= 0.3 is 0 Å². The van der Waals surface area contributed by atoms with Gasteiger partial charge in [-0.15, -0.1) is 0 Å². The van der Waals surface area contributed by atoms with Gasteiger partial charge in [-0.25, -0.2) is 4.98 Å². The summed E-state index contributed by atoms with van der Waals surface area (Å²) in [5.74, 6) is -0.0144. The number of pyridine rings is 1. The topological polar surface area (TPSA) is 109 Å². The fourth-order valence-electron chi connectivity index (χ4n) is 4.29. The van der Waals surface area contributed by atoms with E-state index in [1.807, 2.05) is 25.8 Å². The maximum atomic E-state index is 13.2. The normalized spacial score (nSPS) is 14.1. The second kappa shape index (κ2) is 8.25. The molecule has 1 amide bonds. The number of aryl methyl sites for hydroxylation is 2. The monoisotopic (exact) mass is 443 g/mol. The van der Waals surface area contributed by atoms with Crippen LogP contribution in [0.4, 0.5) is 0 Å². The fraction of sp³-hybridized carbons (Fsp3) is 0.292. The van der Waals surface area contributed by atoms with Gasteiger partial charge in [0.1, 0.15) is 0 Å². The fourth-order valence-corrected chi connectivity index (χ4v) is 4.29. The number of fused-ring (bicyclic) bond motifs is 1. The second-order valence-corrected chi connectivity index (χ2v) is 8.29. The molecule has 4 aromatic rings.